The Morgan fingerprint density at radius 1 is 0.517 bits per heavy atom. The van der Waals surface area contributed by atoms with E-state index in [1.54, 1.807) is 6.07 Å². The van der Waals surface area contributed by atoms with E-state index in [1.165, 1.54) is 19.3 Å². The van der Waals surface area contributed by atoms with Crippen molar-refractivity contribution in [2.75, 3.05) is 16.0 Å². The van der Waals surface area contributed by atoms with Gasteiger partial charge in [-0.05, 0) is 74.5 Å². The van der Waals surface area contributed by atoms with Crippen LogP contribution in [0.4, 0.5) is 17.1 Å². The molecular weight excluding hydrogens is 753 g/mol. The molecule has 1 aromatic rings. The van der Waals surface area contributed by atoms with Gasteiger partial charge in [0.15, 0.2) is 0 Å². The third-order valence-corrected chi connectivity index (χ3v) is 12.6. The average molecular weight is 835 g/mol. The van der Waals surface area contributed by atoms with Crippen molar-refractivity contribution in [2.45, 2.75) is 191 Å². The van der Waals surface area contributed by atoms with Gasteiger partial charge in [0.05, 0.1) is 5.92 Å². The smallest absolute Gasteiger partial charge is 0.229 e. The SMILES string of the molecule is C=C(Nc1cc(NC(=O)C(C)(C)C)cc(NC(=O)C(C)(C)C)c1)C(C)(C)C.CC1CCCCC1NC(=O)CC(CC(=O)NC1CCCCC1C)C(=O)NC1CCCCC1C. The molecule has 6 N–H and O–H groups in total. The Morgan fingerprint density at radius 3 is 1.15 bits per heavy atom. The molecule has 60 heavy (non-hydrogen) atoms. The average Bonchev–Trinajstić information content (AvgIpc) is 3.13. The molecule has 0 aromatic heterocycles. The van der Waals surface area contributed by atoms with Crippen LogP contribution < -0.4 is 31.9 Å². The third kappa shape index (κ3) is 16.9. The van der Waals surface area contributed by atoms with Crippen LogP contribution in [0.2, 0.25) is 0 Å². The standard InChI is InChI=1S/C27H47N3O3.C22H35N3O2/c1-18-10-4-7-13-22(18)28-25(31)16-21(27(33)30-24-15-9-6-12-20(24)3)17-26(32)29-23-14-8-5-11-19(23)2;1-14(20(2,3)4)23-15-11-16(24-18(26)21(5,6)7)13-17(12-15)25-19(27)22(8,9)10/h18-24H,4-17H2,1-3H3,(H,28,31)(H,29,32)(H,30,33);11-13,23H,1H2,2-10H3,(H,24,26)(H,25,27). The molecular formula is C49H82N6O5. The van der Waals surface area contributed by atoms with Crippen LogP contribution in [0, 0.1) is 39.9 Å². The fourth-order valence-electron chi connectivity index (χ4n) is 7.97. The summed E-state index contributed by atoms with van der Waals surface area (Å²) in [6.45, 7) is 28.0. The van der Waals surface area contributed by atoms with Crippen molar-refractivity contribution < 1.29 is 24.0 Å². The first-order valence-electron chi connectivity index (χ1n) is 23.0. The van der Waals surface area contributed by atoms with Gasteiger partial charge < -0.3 is 31.9 Å². The van der Waals surface area contributed by atoms with Gasteiger partial charge in [-0.15, -0.1) is 0 Å². The Bertz CT molecular complexity index is 1480. The number of carbonyl (C=O) groups is 5. The number of carbonyl (C=O) groups excluding carboxylic acids is 5. The van der Waals surface area contributed by atoms with E-state index in [2.05, 4.69) is 80.0 Å². The molecule has 338 valence electrons. The highest BCUT2D eigenvalue weighted by atomic mass is 16.2. The third-order valence-electron chi connectivity index (χ3n) is 12.6. The number of hydrogen-bond donors (Lipinski definition) is 6. The molecule has 11 nitrogen and oxygen atoms in total. The molecule has 0 radical (unpaired) electrons. The molecule has 4 rings (SSSR count). The van der Waals surface area contributed by atoms with Gasteiger partial charge in [-0.25, -0.2) is 0 Å². The zero-order valence-electron chi connectivity index (χ0n) is 39.4. The second-order valence-corrected chi connectivity index (χ2v) is 21.4. The number of nitrogens with one attached hydrogen (secondary N) is 6. The molecule has 0 saturated heterocycles. The second-order valence-electron chi connectivity index (χ2n) is 21.4. The molecule has 1 aromatic carbocycles. The maximum Gasteiger partial charge on any atom is 0.229 e. The van der Waals surface area contributed by atoms with E-state index < -0.39 is 16.7 Å². The van der Waals surface area contributed by atoms with Gasteiger partial charge in [0, 0.05) is 70.0 Å². The molecule has 3 aliphatic carbocycles. The summed E-state index contributed by atoms with van der Waals surface area (Å²) in [6.07, 6.45) is 13.6. The maximum atomic E-state index is 13.3. The van der Waals surface area contributed by atoms with Gasteiger partial charge in [-0.3, -0.25) is 24.0 Å². The first-order chi connectivity index (χ1) is 27.8. The summed E-state index contributed by atoms with van der Waals surface area (Å²) in [6, 6.07) is 5.96. The summed E-state index contributed by atoms with van der Waals surface area (Å²) in [4.78, 5) is 63.9. The summed E-state index contributed by atoms with van der Waals surface area (Å²) >= 11 is 0. The summed E-state index contributed by atoms with van der Waals surface area (Å²) in [7, 11) is 0. The van der Waals surface area contributed by atoms with Crippen LogP contribution in [0.5, 0.6) is 0 Å². The number of anilines is 3. The predicted molar refractivity (Wildman–Crippen MR) is 246 cm³/mol. The van der Waals surface area contributed by atoms with Crippen molar-refractivity contribution in [3.8, 4) is 0 Å². The van der Waals surface area contributed by atoms with E-state index in [-0.39, 0.29) is 65.9 Å². The molecule has 0 bridgehead atoms. The van der Waals surface area contributed by atoms with Crippen molar-refractivity contribution in [2.24, 2.45) is 39.9 Å². The first kappa shape index (κ1) is 50.5. The van der Waals surface area contributed by atoms with E-state index in [0.717, 1.165) is 69.2 Å². The van der Waals surface area contributed by atoms with Crippen molar-refractivity contribution >= 4 is 46.6 Å². The van der Waals surface area contributed by atoms with Gasteiger partial charge in [0.1, 0.15) is 0 Å². The van der Waals surface area contributed by atoms with Crippen LogP contribution in [0.25, 0.3) is 0 Å². The summed E-state index contributed by atoms with van der Waals surface area (Å²) in [5, 5.41) is 18.7. The predicted octanol–water partition coefficient (Wildman–Crippen LogP) is 10.1. The van der Waals surface area contributed by atoms with Gasteiger partial charge in [-0.2, -0.15) is 0 Å². The van der Waals surface area contributed by atoms with Gasteiger partial charge in [0.2, 0.25) is 29.5 Å². The molecule has 3 aliphatic rings. The monoisotopic (exact) mass is 835 g/mol. The maximum absolute atomic E-state index is 13.3. The lowest BCUT2D eigenvalue weighted by Gasteiger charge is -2.32. The Balaban J connectivity index is 0.000000328. The first-order valence-corrected chi connectivity index (χ1v) is 23.0. The topological polar surface area (TPSA) is 158 Å². The van der Waals surface area contributed by atoms with Crippen LogP contribution in [0.3, 0.4) is 0 Å². The normalized spacial score (nSPS) is 24.0. The molecule has 6 atom stereocenters. The highest BCUT2D eigenvalue weighted by Gasteiger charge is 2.32. The highest BCUT2D eigenvalue weighted by Crippen LogP contribution is 2.31. The minimum atomic E-state index is -0.614. The van der Waals surface area contributed by atoms with E-state index in [1.807, 2.05) is 53.7 Å². The van der Waals surface area contributed by atoms with Crippen LogP contribution in [0.1, 0.15) is 173 Å². The molecule has 0 aliphatic heterocycles. The Morgan fingerprint density at radius 2 is 0.833 bits per heavy atom. The zero-order valence-corrected chi connectivity index (χ0v) is 39.4. The number of rotatable bonds is 12. The zero-order chi connectivity index (χ0) is 45.0. The van der Waals surface area contributed by atoms with E-state index >= 15 is 0 Å². The van der Waals surface area contributed by atoms with E-state index in [0.29, 0.717) is 29.1 Å². The minimum absolute atomic E-state index is 0.0871. The van der Waals surface area contributed by atoms with Crippen molar-refractivity contribution in [1.82, 2.24) is 16.0 Å². The van der Waals surface area contributed by atoms with E-state index in [4.69, 9.17) is 0 Å². The molecule has 0 heterocycles. The van der Waals surface area contributed by atoms with Gasteiger partial charge >= 0.3 is 0 Å². The number of allylic oxidation sites excluding steroid dienone is 1. The van der Waals surface area contributed by atoms with Gasteiger partial charge in [0.25, 0.3) is 0 Å². The minimum Gasteiger partial charge on any atom is -0.359 e. The summed E-state index contributed by atoms with van der Waals surface area (Å²) < 4.78 is 0. The second kappa shape index (κ2) is 22.3. The molecule has 3 fully saturated rings. The molecule has 11 heteroatoms. The van der Waals surface area contributed by atoms with Crippen molar-refractivity contribution in [3.05, 3.63) is 30.5 Å². The Kier molecular flexibility index (Phi) is 18.7. The summed E-state index contributed by atoms with van der Waals surface area (Å²) in [5.41, 5.74) is 1.66. The quantitative estimate of drug-likeness (QED) is 0.123. The lowest BCUT2D eigenvalue weighted by atomic mass is 9.84. The highest BCUT2D eigenvalue weighted by molar-refractivity contribution is 5.98. The van der Waals surface area contributed by atoms with E-state index in [9.17, 15) is 24.0 Å². The Labute approximate surface area is 363 Å². The largest absolute Gasteiger partial charge is 0.359 e. The lowest BCUT2D eigenvalue weighted by Crippen LogP contribution is -2.48. The van der Waals surface area contributed by atoms with Crippen LogP contribution in [-0.2, 0) is 24.0 Å². The number of amides is 5. The molecule has 0 spiro atoms. The van der Waals surface area contributed by atoms with Crippen molar-refractivity contribution in [3.63, 3.8) is 0 Å². The molecule has 6 unspecified atom stereocenters. The number of benzene rings is 1. The summed E-state index contributed by atoms with van der Waals surface area (Å²) in [5.74, 6) is 0.253. The van der Waals surface area contributed by atoms with Crippen LogP contribution in [0.15, 0.2) is 30.5 Å². The lowest BCUT2D eigenvalue weighted by molar-refractivity contribution is -0.135. The molecule has 5 amide bonds. The fourth-order valence-corrected chi connectivity index (χ4v) is 7.97. The van der Waals surface area contributed by atoms with Crippen molar-refractivity contribution in [1.29, 1.82) is 0 Å². The van der Waals surface area contributed by atoms with Crippen LogP contribution >= 0.6 is 0 Å². The number of hydrogen-bond acceptors (Lipinski definition) is 6. The fraction of sp³-hybridized carbons (Fsp3) is 0.735. The van der Waals surface area contributed by atoms with Gasteiger partial charge in [-0.1, -0.05) is 128 Å². The van der Waals surface area contributed by atoms with Crippen LogP contribution in [-0.4, -0.2) is 47.7 Å². The Hall–Kier alpha value is -3.89. The molecule has 3 saturated carbocycles.